The number of amides is 1. The minimum absolute atomic E-state index is 0.0460. The lowest BCUT2D eigenvalue weighted by atomic mass is 10.1. The number of esters is 1. The smallest absolute Gasteiger partial charge is 0.326 e. The van der Waals surface area contributed by atoms with E-state index in [1.807, 2.05) is 0 Å². The molecular weight excluding hydrogens is 346 g/mol. The first-order valence-corrected chi connectivity index (χ1v) is 7.80. The molecule has 0 unspecified atom stereocenters. The maximum Gasteiger partial charge on any atom is 0.326 e. The van der Waals surface area contributed by atoms with E-state index in [-0.39, 0.29) is 17.7 Å². The molecule has 0 spiro atoms. The van der Waals surface area contributed by atoms with Crippen LogP contribution in [0.4, 0.5) is 0 Å². The van der Waals surface area contributed by atoms with E-state index >= 15 is 0 Å². The highest BCUT2D eigenvalue weighted by Gasteiger charge is 2.22. The first-order valence-electron chi connectivity index (χ1n) is 7.42. The molecule has 0 fully saturated rings. The first-order chi connectivity index (χ1) is 11.9. The zero-order chi connectivity index (χ0) is 18.4. The summed E-state index contributed by atoms with van der Waals surface area (Å²) in [6, 6.07) is 11.6. The average molecular weight is 362 g/mol. The molecule has 0 aliphatic carbocycles. The molecule has 2 aromatic carbocycles. The van der Waals surface area contributed by atoms with E-state index in [1.54, 1.807) is 24.3 Å². The van der Waals surface area contributed by atoms with Gasteiger partial charge in [-0.3, -0.25) is 9.59 Å². The topological polar surface area (TPSA) is 92.7 Å². The molecule has 1 amide bonds. The van der Waals surface area contributed by atoms with Crippen molar-refractivity contribution in [2.24, 2.45) is 0 Å². The van der Waals surface area contributed by atoms with Crippen molar-refractivity contribution >= 4 is 29.4 Å². The number of carbonyl (C=O) groups excluding carboxylic acids is 2. The van der Waals surface area contributed by atoms with Crippen LogP contribution in [0.2, 0.25) is 5.02 Å². The molecule has 130 valence electrons. The third-order valence-electron chi connectivity index (χ3n) is 3.34. The lowest BCUT2D eigenvalue weighted by molar-refractivity contribution is -0.139. The molecule has 25 heavy (non-hydrogen) atoms. The third-order valence-corrected chi connectivity index (χ3v) is 3.71. The Labute approximate surface area is 149 Å². The Morgan fingerprint density at radius 1 is 1.16 bits per heavy atom. The van der Waals surface area contributed by atoms with Crippen LogP contribution in [-0.2, 0) is 16.0 Å². The van der Waals surface area contributed by atoms with Crippen LogP contribution in [0.3, 0.4) is 0 Å². The van der Waals surface area contributed by atoms with Crippen molar-refractivity contribution in [3.8, 4) is 5.75 Å². The molecule has 2 rings (SSSR count). The summed E-state index contributed by atoms with van der Waals surface area (Å²) >= 11 is 6.04. The van der Waals surface area contributed by atoms with Crippen molar-refractivity contribution in [3.63, 3.8) is 0 Å². The number of nitrogens with one attached hydrogen (secondary N) is 1. The predicted octanol–water partition coefficient (Wildman–Crippen LogP) is 2.69. The van der Waals surface area contributed by atoms with Crippen LogP contribution < -0.4 is 10.1 Å². The Hall–Kier alpha value is -2.86. The molecule has 0 heterocycles. The fourth-order valence-corrected chi connectivity index (χ4v) is 2.41. The Morgan fingerprint density at radius 3 is 2.52 bits per heavy atom. The standard InChI is InChI=1S/C18H16ClNO5/c1-11(21)25-14-7-4-6-13(9-14)17(22)20-16(18(23)24)10-12-5-2-3-8-15(12)19/h2-9,16H,10H2,1H3,(H,20,22)(H,23,24)/t16-/m1/s1. The SMILES string of the molecule is CC(=O)Oc1cccc(C(=O)N[C@H](Cc2ccccc2Cl)C(=O)O)c1. The van der Waals surface area contributed by atoms with Gasteiger partial charge in [0.1, 0.15) is 11.8 Å². The minimum Gasteiger partial charge on any atom is -0.480 e. The van der Waals surface area contributed by atoms with Gasteiger partial charge in [-0.05, 0) is 29.8 Å². The van der Waals surface area contributed by atoms with Crippen LogP contribution in [0.15, 0.2) is 48.5 Å². The fourth-order valence-electron chi connectivity index (χ4n) is 2.19. The predicted molar refractivity (Wildman–Crippen MR) is 91.8 cm³/mol. The van der Waals surface area contributed by atoms with Crippen molar-refractivity contribution in [1.82, 2.24) is 5.32 Å². The van der Waals surface area contributed by atoms with Gasteiger partial charge in [0.25, 0.3) is 5.91 Å². The Bertz CT molecular complexity index is 806. The third kappa shape index (κ3) is 5.32. The summed E-state index contributed by atoms with van der Waals surface area (Å²) in [4.78, 5) is 34.8. The van der Waals surface area contributed by atoms with E-state index in [9.17, 15) is 19.5 Å². The summed E-state index contributed by atoms with van der Waals surface area (Å²) in [5.74, 6) is -2.07. The lowest BCUT2D eigenvalue weighted by Crippen LogP contribution is -2.42. The van der Waals surface area contributed by atoms with Crippen LogP contribution >= 0.6 is 11.6 Å². The van der Waals surface area contributed by atoms with Crippen molar-refractivity contribution in [2.75, 3.05) is 0 Å². The molecular formula is C18H16ClNO5. The Kier molecular flexibility index (Phi) is 6.14. The summed E-state index contributed by atoms with van der Waals surface area (Å²) < 4.78 is 4.92. The van der Waals surface area contributed by atoms with Crippen LogP contribution in [-0.4, -0.2) is 29.0 Å². The molecule has 0 bridgehead atoms. The molecule has 6 nitrogen and oxygen atoms in total. The van der Waals surface area contributed by atoms with Gasteiger partial charge in [0, 0.05) is 23.9 Å². The number of aliphatic carboxylic acids is 1. The highest BCUT2D eigenvalue weighted by Crippen LogP contribution is 2.18. The number of halogens is 1. The second kappa shape index (κ2) is 8.30. The quantitative estimate of drug-likeness (QED) is 0.609. The molecule has 0 saturated heterocycles. The number of carboxylic acids is 1. The van der Waals surface area contributed by atoms with Gasteiger partial charge in [0.2, 0.25) is 0 Å². The van der Waals surface area contributed by atoms with E-state index in [4.69, 9.17) is 16.3 Å². The zero-order valence-electron chi connectivity index (χ0n) is 13.4. The molecule has 2 N–H and O–H groups in total. The number of carboxylic acid groups (broad SMARTS) is 1. The van der Waals surface area contributed by atoms with Crippen molar-refractivity contribution in [3.05, 3.63) is 64.7 Å². The molecule has 0 aliphatic rings. The number of ether oxygens (including phenoxy) is 1. The molecule has 0 aliphatic heterocycles. The maximum absolute atomic E-state index is 12.3. The van der Waals surface area contributed by atoms with E-state index in [0.29, 0.717) is 10.6 Å². The molecule has 1 atom stereocenters. The van der Waals surface area contributed by atoms with Crippen LogP contribution in [0.25, 0.3) is 0 Å². The summed E-state index contributed by atoms with van der Waals surface area (Å²) in [6.45, 7) is 1.25. The largest absolute Gasteiger partial charge is 0.480 e. The highest BCUT2D eigenvalue weighted by molar-refractivity contribution is 6.31. The highest BCUT2D eigenvalue weighted by atomic mass is 35.5. The molecule has 0 aromatic heterocycles. The van der Waals surface area contributed by atoms with Crippen LogP contribution in [0.5, 0.6) is 5.75 Å². The molecule has 0 radical (unpaired) electrons. The maximum atomic E-state index is 12.3. The molecule has 0 saturated carbocycles. The monoisotopic (exact) mass is 361 g/mol. The second-order valence-electron chi connectivity index (χ2n) is 5.28. The zero-order valence-corrected chi connectivity index (χ0v) is 14.1. The average Bonchev–Trinajstić information content (AvgIpc) is 2.55. The molecule has 7 heteroatoms. The van der Waals surface area contributed by atoms with E-state index in [2.05, 4.69) is 5.32 Å². The Morgan fingerprint density at radius 2 is 1.88 bits per heavy atom. The van der Waals surface area contributed by atoms with Gasteiger partial charge >= 0.3 is 11.9 Å². The number of hydrogen-bond acceptors (Lipinski definition) is 4. The van der Waals surface area contributed by atoms with Crippen molar-refractivity contribution < 1.29 is 24.2 Å². The number of hydrogen-bond donors (Lipinski definition) is 2. The normalized spacial score (nSPS) is 11.4. The van der Waals surface area contributed by atoms with Crippen molar-refractivity contribution in [2.45, 2.75) is 19.4 Å². The van der Waals surface area contributed by atoms with E-state index in [1.165, 1.54) is 31.2 Å². The van der Waals surface area contributed by atoms with Crippen LogP contribution in [0, 0.1) is 0 Å². The van der Waals surface area contributed by atoms with E-state index < -0.39 is 23.9 Å². The summed E-state index contributed by atoms with van der Waals surface area (Å²) in [5.41, 5.74) is 0.801. The van der Waals surface area contributed by atoms with Gasteiger partial charge in [0.15, 0.2) is 0 Å². The number of benzene rings is 2. The molecule has 2 aromatic rings. The van der Waals surface area contributed by atoms with Gasteiger partial charge < -0.3 is 15.2 Å². The lowest BCUT2D eigenvalue weighted by Gasteiger charge is -2.15. The van der Waals surface area contributed by atoms with Gasteiger partial charge in [-0.2, -0.15) is 0 Å². The Balaban J connectivity index is 2.14. The number of rotatable bonds is 6. The first kappa shape index (κ1) is 18.5. The van der Waals surface area contributed by atoms with Gasteiger partial charge in [-0.15, -0.1) is 0 Å². The van der Waals surface area contributed by atoms with Gasteiger partial charge in [0.05, 0.1) is 0 Å². The summed E-state index contributed by atoms with van der Waals surface area (Å²) in [7, 11) is 0. The van der Waals surface area contributed by atoms with Gasteiger partial charge in [-0.1, -0.05) is 35.9 Å². The van der Waals surface area contributed by atoms with Crippen molar-refractivity contribution in [1.29, 1.82) is 0 Å². The van der Waals surface area contributed by atoms with Crippen LogP contribution in [0.1, 0.15) is 22.8 Å². The number of carbonyl (C=O) groups is 3. The fraction of sp³-hybridized carbons (Fsp3) is 0.167. The van der Waals surface area contributed by atoms with Gasteiger partial charge in [-0.25, -0.2) is 4.79 Å². The summed E-state index contributed by atoms with van der Waals surface area (Å²) in [5, 5.41) is 12.2. The van der Waals surface area contributed by atoms with E-state index in [0.717, 1.165) is 0 Å². The summed E-state index contributed by atoms with van der Waals surface area (Å²) in [6.07, 6.45) is 0.0460. The second-order valence-corrected chi connectivity index (χ2v) is 5.69. The minimum atomic E-state index is -1.18.